The highest BCUT2D eigenvalue weighted by Crippen LogP contribution is 2.25. The average Bonchev–Trinajstić information content (AvgIpc) is 3.22. The number of hydrogen-bond acceptors (Lipinski definition) is 3. The number of rotatable bonds is 2. The van der Waals surface area contributed by atoms with Gasteiger partial charge in [0.25, 0.3) is 5.91 Å². The summed E-state index contributed by atoms with van der Waals surface area (Å²) in [5, 5.41) is 12.5. The van der Waals surface area contributed by atoms with E-state index < -0.39 is 0 Å². The van der Waals surface area contributed by atoms with E-state index in [0.717, 1.165) is 41.4 Å². The van der Waals surface area contributed by atoms with Crippen molar-refractivity contribution in [1.82, 2.24) is 24.9 Å². The van der Waals surface area contributed by atoms with Crippen LogP contribution in [0.25, 0.3) is 10.9 Å². The van der Waals surface area contributed by atoms with Crippen molar-refractivity contribution in [1.29, 1.82) is 0 Å². The number of aromatic nitrogens is 4. The highest BCUT2D eigenvalue weighted by Gasteiger charge is 2.27. The number of aryl methyl sites for hydroxylation is 2. The number of likely N-dealkylation sites (tertiary alicyclic amines) is 1. The molecule has 0 radical (unpaired) electrons. The van der Waals surface area contributed by atoms with Crippen molar-refractivity contribution in [3.8, 4) is 0 Å². The van der Waals surface area contributed by atoms with Gasteiger partial charge >= 0.3 is 0 Å². The number of amides is 1. The number of carbonyl (C=O) groups is 1. The molecule has 4 rings (SSSR count). The highest BCUT2D eigenvalue weighted by molar-refractivity contribution is 6.05. The summed E-state index contributed by atoms with van der Waals surface area (Å²) in [6, 6.07) is 4.24. The summed E-state index contributed by atoms with van der Waals surface area (Å²) in [4.78, 5) is 15.0. The molecule has 1 fully saturated rings. The van der Waals surface area contributed by atoms with Crippen LogP contribution < -0.4 is 0 Å². The second kappa shape index (κ2) is 5.78. The number of H-pyrrole nitrogens is 1. The van der Waals surface area contributed by atoms with Crippen molar-refractivity contribution in [2.45, 2.75) is 32.7 Å². The molecule has 1 aromatic carbocycles. The van der Waals surface area contributed by atoms with Crippen molar-refractivity contribution >= 4 is 16.8 Å². The number of benzene rings is 1. The molecule has 3 aromatic rings. The molecule has 124 valence electrons. The molecular formula is C18H21N5O. The largest absolute Gasteiger partial charge is 0.336 e. The van der Waals surface area contributed by atoms with Crippen LogP contribution in [-0.4, -0.2) is 43.9 Å². The number of piperidine rings is 1. The summed E-state index contributed by atoms with van der Waals surface area (Å²) in [5.41, 5.74) is 3.75. The quantitative estimate of drug-likeness (QED) is 0.788. The summed E-state index contributed by atoms with van der Waals surface area (Å²) in [7, 11) is 0. The fraction of sp³-hybridized carbons (Fsp3) is 0.389. The van der Waals surface area contributed by atoms with E-state index in [0.29, 0.717) is 12.1 Å². The summed E-state index contributed by atoms with van der Waals surface area (Å²) in [5.74, 6) is 0.0709. The molecule has 0 spiro atoms. The number of hydrogen-bond donors (Lipinski definition) is 1. The smallest absolute Gasteiger partial charge is 0.256 e. The summed E-state index contributed by atoms with van der Waals surface area (Å²) < 4.78 is 2.00. The molecule has 1 aliphatic heterocycles. The first-order valence-electron chi connectivity index (χ1n) is 8.35. The molecule has 3 heterocycles. The van der Waals surface area contributed by atoms with Gasteiger partial charge in [-0.3, -0.25) is 14.6 Å². The van der Waals surface area contributed by atoms with Crippen LogP contribution >= 0.6 is 0 Å². The summed E-state index contributed by atoms with van der Waals surface area (Å²) >= 11 is 0. The van der Waals surface area contributed by atoms with E-state index >= 15 is 0 Å². The van der Waals surface area contributed by atoms with Crippen LogP contribution in [0.4, 0.5) is 0 Å². The molecule has 0 bridgehead atoms. The predicted molar refractivity (Wildman–Crippen MR) is 92.0 cm³/mol. The Morgan fingerprint density at radius 3 is 2.92 bits per heavy atom. The van der Waals surface area contributed by atoms with Gasteiger partial charge in [-0.1, -0.05) is 0 Å². The van der Waals surface area contributed by atoms with Gasteiger partial charge in [0.05, 0.1) is 29.5 Å². The molecule has 1 unspecified atom stereocenters. The van der Waals surface area contributed by atoms with Crippen molar-refractivity contribution in [3.63, 3.8) is 0 Å². The molecule has 6 nitrogen and oxygen atoms in total. The maximum atomic E-state index is 13.1. The molecular weight excluding hydrogens is 302 g/mol. The van der Waals surface area contributed by atoms with Crippen LogP contribution in [0, 0.1) is 13.8 Å². The van der Waals surface area contributed by atoms with E-state index in [1.807, 2.05) is 41.8 Å². The third kappa shape index (κ3) is 2.58. The topological polar surface area (TPSA) is 66.8 Å². The van der Waals surface area contributed by atoms with Gasteiger partial charge in [-0.05, 0) is 49.9 Å². The third-order valence-electron chi connectivity index (χ3n) is 4.71. The van der Waals surface area contributed by atoms with E-state index in [2.05, 4.69) is 21.5 Å². The SMILES string of the molecule is Cc1cc(C(=O)N2CCCC(n3cc(C)cn3)C2)c2[nH]ncc2c1. The van der Waals surface area contributed by atoms with E-state index in [1.165, 1.54) is 0 Å². The van der Waals surface area contributed by atoms with Gasteiger partial charge < -0.3 is 4.90 Å². The maximum Gasteiger partial charge on any atom is 0.256 e. The zero-order chi connectivity index (χ0) is 16.7. The number of aromatic amines is 1. The van der Waals surface area contributed by atoms with Gasteiger partial charge in [0, 0.05) is 24.7 Å². The second-order valence-electron chi connectivity index (χ2n) is 6.69. The van der Waals surface area contributed by atoms with Crippen LogP contribution in [0.15, 0.2) is 30.7 Å². The summed E-state index contributed by atoms with van der Waals surface area (Å²) in [6.45, 7) is 5.54. The molecule has 2 aromatic heterocycles. The van der Waals surface area contributed by atoms with Crippen molar-refractivity contribution < 1.29 is 4.79 Å². The first-order chi connectivity index (χ1) is 11.6. The van der Waals surface area contributed by atoms with E-state index in [-0.39, 0.29) is 11.9 Å². The van der Waals surface area contributed by atoms with E-state index in [1.54, 1.807) is 6.20 Å². The van der Waals surface area contributed by atoms with Gasteiger partial charge in [-0.25, -0.2) is 0 Å². The van der Waals surface area contributed by atoms with Gasteiger partial charge in [0.2, 0.25) is 0 Å². The molecule has 1 amide bonds. The number of carbonyl (C=O) groups excluding carboxylic acids is 1. The molecule has 24 heavy (non-hydrogen) atoms. The molecule has 1 atom stereocenters. The Morgan fingerprint density at radius 1 is 1.25 bits per heavy atom. The lowest BCUT2D eigenvalue weighted by atomic mass is 10.0. The second-order valence-corrected chi connectivity index (χ2v) is 6.69. The van der Waals surface area contributed by atoms with Gasteiger partial charge in [-0.15, -0.1) is 0 Å². The minimum atomic E-state index is 0.0709. The molecule has 0 aliphatic carbocycles. The molecule has 6 heteroatoms. The fourth-order valence-corrected chi connectivity index (χ4v) is 3.53. The zero-order valence-electron chi connectivity index (χ0n) is 14.0. The lowest BCUT2D eigenvalue weighted by Gasteiger charge is -2.33. The monoisotopic (exact) mass is 323 g/mol. The molecule has 1 aliphatic rings. The van der Waals surface area contributed by atoms with Crippen molar-refractivity contribution in [2.75, 3.05) is 13.1 Å². The van der Waals surface area contributed by atoms with Crippen LogP contribution in [0.2, 0.25) is 0 Å². The maximum absolute atomic E-state index is 13.1. The van der Waals surface area contributed by atoms with Crippen molar-refractivity contribution in [2.24, 2.45) is 0 Å². The van der Waals surface area contributed by atoms with E-state index in [4.69, 9.17) is 0 Å². The Kier molecular flexibility index (Phi) is 3.59. The lowest BCUT2D eigenvalue weighted by molar-refractivity contribution is 0.0674. The highest BCUT2D eigenvalue weighted by atomic mass is 16.2. The Labute approximate surface area is 140 Å². The Morgan fingerprint density at radius 2 is 2.12 bits per heavy atom. The molecule has 1 saturated heterocycles. The Hall–Kier alpha value is -2.63. The van der Waals surface area contributed by atoms with Gasteiger partial charge in [-0.2, -0.15) is 10.2 Å². The molecule has 0 saturated carbocycles. The van der Waals surface area contributed by atoms with E-state index in [9.17, 15) is 4.79 Å². The first-order valence-corrected chi connectivity index (χ1v) is 8.35. The van der Waals surface area contributed by atoms with Crippen LogP contribution in [-0.2, 0) is 0 Å². The van der Waals surface area contributed by atoms with Crippen LogP contribution in [0.5, 0.6) is 0 Å². The van der Waals surface area contributed by atoms with Crippen molar-refractivity contribution in [3.05, 3.63) is 47.4 Å². The number of fused-ring (bicyclic) bond motifs is 1. The minimum absolute atomic E-state index is 0.0709. The lowest BCUT2D eigenvalue weighted by Crippen LogP contribution is -2.41. The van der Waals surface area contributed by atoms with Crippen LogP contribution in [0.1, 0.15) is 40.4 Å². The zero-order valence-corrected chi connectivity index (χ0v) is 14.0. The minimum Gasteiger partial charge on any atom is -0.336 e. The average molecular weight is 323 g/mol. The summed E-state index contributed by atoms with van der Waals surface area (Å²) in [6.07, 6.45) is 7.74. The Bertz CT molecular complexity index is 894. The van der Waals surface area contributed by atoms with Gasteiger partial charge in [0.1, 0.15) is 0 Å². The fourth-order valence-electron chi connectivity index (χ4n) is 3.53. The first kappa shape index (κ1) is 14.9. The standard InChI is InChI=1S/C18H21N5O/c1-12-6-14-9-19-21-17(14)16(7-12)18(24)22-5-3-4-15(11-22)23-10-13(2)8-20-23/h6-10,15H,3-5,11H2,1-2H3,(H,19,21). The third-order valence-corrected chi connectivity index (χ3v) is 4.71. The van der Waals surface area contributed by atoms with Crippen LogP contribution in [0.3, 0.4) is 0 Å². The Balaban J connectivity index is 1.62. The number of nitrogens with one attached hydrogen (secondary N) is 1. The molecule has 1 N–H and O–H groups in total. The number of nitrogens with zero attached hydrogens (tertiary/aromatic N) is 4. The normalized spacial score (nSPS) is 18.2. The van der Waals surface area contributed by atoms with Gasteiger partial charge in [0.15, 0.2) is 0 Å². The predicted octanol–water partition coefficient (Wildman–Crippen LogP) is 2.85.